The number of likely N-dealkylation sites (tertiary alicyclic amines) is 1. The summed E-state index contributed by atoms with van der Waals surface area (Å²) < 4.78 is 0. The number of rotatable bonds is 7. The van der Waals surface area contributed by atoms with Crippen LogP contribution in [0.4, 0.5) is 0 Å². The Balaban J connectivity index is 1.88. The molecule has 5 nitrogen and oxygen atoms in total. The average Bonchev–Trinajstić information content (AvgIpc) is 2.85. The molecule has 1 atom stereocenters. The predicted molar refractivity (Wildman–Crippen MR) is 93.8 cm³/mol. The second-order valence-corrected chi connectivity index (χ2v) is 7.22. The van der Waals surface area contributed by atoms with Crippen LogP contribution in [0.15, 0.2) is 24.3 Å². The van der Waals surface area contributed by atoms with E-state index in [0.29, 0.717) is 24.9 Å². The fourth-order valence-electron chi connectivity index (χ4n) is 2.90. The normalized spacial score (nSPS) is 18.1. The summed E-state index contributed by atoms with van der Waals surface area (Å²) in [4.78, 5) is 26.0. The number of carbonyl (C=O) groups is 2. The topological polar surface area (TPSA) is 69.6 Å². The van der Waals surface area contributed by atoms with E-state index in [2.05, 4.69) is 5.32 Å². The molecule has 1 aliphatic heterocycles. The van der Waals surface area contributed by atoms with E-state index in [1.807, 2.05) is 24.0 Å². The van der Waals surface area contributed by atoms with Gasteiger partial charge in [0.1, 0.15) is 0 Å². The van der Waals surface area contributed by atoms with Gasteiger partial charge in [-0.2, -0.15) is 0 Å². The lowest BCUT2D eigenvalue weighted by atomic mass is 9.98. The maximum Gasteiger partial charge on any atom is 0.251 e. The smallest absolute Gasteiger partial charge is 0.251 e. The highest BCUT2D eigenvalue weighted by atomic mass is 16.3. The molecule has 0 saturated carbocycles. The molecule has 0 spiro atoms. The molecule has 1 aliphatic rings. The third kappa shape index (κ3) is 5.34. The first-order valence-corrected chi connectivity index (χ1v) is 8.68. The molecule has 2 amide bonds. The Hall–Kier alpha value is -1.88. The molecule has 0 radical (unpaired) electrons. The molecule has 0 bridgehead atoms. The van der Waals surface area contributed by atoms with Crippen LogP contribution in [-0.4, -0.2) is 46.6 Å². The van der Waals surface area contributed by atoms with Crippen molar-refractivity contribution in [1.82, 2.24) is 10.2 Å². The van der Waals surface area contributed by atoms with Gasteiger partial charge in [0.2, 0.25) is 5.91 Å². The van der Waals surface area contributed by atoms with E-state index < -0.39 is 5.60 Å². The minimum Gasteiger partial charge on any atom is -0.390 e. The molecule has 24 heavy (non-hydrogen) atoms. The molecule has 0 aromatic heterocycles. The van der Waals surface area contributed by atoms with Crippen LogP contribution in [-0.2, 0) is 11.2 Å². The summed E-state index contributed by atoms with van der Waals surface area (Å²) in [6.45, 7) is 6.97. The third-order valence-corrected chi connectivity index (χ3v) is 4.28. The van der Waals surface area contributed by atoms with Crippen LogP contribution in [0, 0.1) is 0 Å². The van der Waals surface area contributed by atoms with Gasteiger partial charge in [-0.15, -0.1) is 0 Å². The molecule has 2 rings (SSSR count). The third-order valence-electron chi connectivity index (χ3n) is 4.28. The zero-order valence-electron chi connectivity index (χ0n) is 14.8. The van der Waals surface area contributed by atoms with Crippen molar-refractivity contribution in [2.75, 3.05) is 13.1 Å². The molecule has 0 aliphatic carbocycles. The van der Waals surface area contributed by atoms with E-state index in [0.717, 1.165) is 24.9 Å². The minimum atomic E-state index is -0.685. The standard InChI is InChI=1S/C19H28N2O3/c1-4-11-21-13-16(12-17(21)22)20-18(23)15-7-5-14(6-8-15)9-10-19(2,3)24/h5-8,16,24H,4,9-13H2,1-3H3,(H,20,23)/t16-/m0/s1. The van der Waals surface area contributed by atoms with E-state index >= 15 is 0 Å². The number of hydrogen-bond acceptors (Lipinski definition) is 3. The van der Waals surface area contributed by atoms with Crippen LogP contribution < -0.4 is 5.32 Å². The predicted octanol–water partition coefficient (Wildman–Crippen LogP) is 2.13. The Morgan fingerprint density at radius 3 is 2.58 bits per heavy atom. The number of aliphatic hydroxyl groups is 1. The lowest BCUT2D eigenvalue weighted by molar-refractivity contribution is -0.127. The van der Waals surface area contributed by atoms with E-state index in [9.17, 15) is 14.7 Å². The first kappa shape index (κ1) is 18.5. The molecule has 5 heteroatoms. The van der Waals surface area contributed by atoms with E-state index in [1.54, 1.807) is 26.0 Å². The number of nitrogens with zero attached hydrogens (tertiary/aromatic N) is 1. The van der Waals surface area contributed by atoms with Crippen molar-refractivity contribution in [3.8, 4) is 0 Å². The van der Waals surface area contributed by atoms with Crippen molar-refractivity contribution in [1.29, 1.82) is 0 Å². The lowest BCUT2D eigenvalue weighted by Gasteiger charge is -2.17. The average molecular weight is 332 g/mol. The summed E-state index contributed by atoms with van der Waals surface area (Å²) in [6.07, 6.45) is 2.76. The molecule has 1 saturated heterocycles. The SMILES string of the molecule is CCCN1C[C@@H](NC(=O)c2ccc(CCC(C)(C)O)cc2)CC1=O. The Bertz CT molecular complexity index is 575. The van der Waals surface area contributed by atoms with Gasteiger partial charge in [-0.1, -0.05) is 19.1 Å². The summed E-state index contributed by atoms with van der Waals surface area (Å²) in [7, 11) is 0. The second-order valence-electron chi connectivity index (χ2n) is 7.22. The summed E-state index contributed by atoms with van der Waals surface area (Å²) in [5.74, 6) is -0.0238. The van der Waals surface area contributed by atoms with E-state index in [4.69, 9.17) is 0 Å². The van der Waals surface area contributed by atoms with Crippen LogP contribution in [0.3, 0.4) is 0 Å². The molecule has 2 N–H and O–H groups in total. The van der Waals surface area contributed by atoms with Crippen molar-refractivity contribution in [2.24, 2.45) is 0 Å². The first-order chi connectivity index (χ1) is 11.3. The Morgan fingerprint density at radius 1 is 1.33 bits per heavy atom. The summed E-state index contributed by atoms with van der Waals surface area (Å²) in [5.41, 5.74) is 1.01. The van der Waals surface area contributed by atoms with Crippen molar-refractivity contribution in [3.05, 3.63) is 35.4 Å². The van der Waals surface area contributed by atoms with Crippen molar-refractivity contribution < 1.29 is 14.7 Å². The van der Waals surface area contributed by atoms with Gasteiger partial charge in [-0.25, -0.2) is 0 Å². The number of benzene rings is 1. The van der Waals surface area contributed by atoms with Crippen molar-refractivity contribution in [2.45, 2.75) is 58.1 Å². The van der Waals surface area contributed by atoms with Gasteiger partial charge < -0.3 is 15.3 Å². The molecule has 0 unspecified atom stereocenters. The largest absolute Gasteiger partial charge is 0.390 e. The Kier molecular flexibility index (Phi) is 5.99. The van der Waals surface area contributed by atoms with Gasteiger partial charge in [0.05, 0.1) is 11.6 Å². The van der Waals surface area contributed by atoms with Gasteiger partial charge in [0.15, 0.2) is 0 Å². The van der Waals surface area contributed by atoms with Crippen molar-refractivity contribution >= 4 is 11.8 Å². The fourth-order valence-corrected chi connectivity index (χ4v) is 2.90. The highest BCUT2D eigenvalue weighted by Crippen LogP contribution is 2.15. The Labute approximate surface area is 144 Å². The number of amides is 2. The van der Waals surface area contributed by atoms with Gasteiger partial charge in [0, 0.05) is 25.1 Å². The van der Waals surface area contributed by atoms with Crippen LogP contribution in [0.2, 0.25) is 0 Å². The van der Waals surface area contributed by atoms with Crippen LogP contribution in [0.5, 0.6) is 0 Å². The van der Waals surface area contributed by atoms with Crippen molar-refractivity contribution in [3.63, 3.8) is 0 Å². The zero-order chi connectivity index (χ0) is 17.7. The van der Waals surface area contributed by atoms with Gasteiger partial charge in [0.25, 0.3) is 5.91 Å². The fraction of sp³-hybridized carbons (Fsp3) is 0.579. The van der Waals surface area contributed by atoms with Crippen LogP contribution in [0.1, 0.15) is 56.0 Å². The van der Waals surface area contributed by atoms with Gasteiger partial charge in [-0.05, 0) is 50.8 Å². The highest BCUT2D eigenvalue weighted by Gasteiger charge is 2.29. The molecular formula is C19H28N2O3. The molecule has 1 fully saturated rings. The Morgan fingerprint density at radius 2 is 2.00 bits per heavy atom. The zero-order valence-corrected chi connectivity index (χ0v) is 14.8. The van der Waals surface area contributed by atoms with Crippen LogP contribution >= 0.6 is 0 Å². The number of carbonyl (C=O) groups excluding carboxylic acids is 2. The van der Waals surface area contributed by atoms with E-state index in [-0.39, 0.29) is 17.9 Å². The molecule has 132 valence electrons. The highest BCUT2D eigenvalue weighted by molar-refractivity contribution is 5.95. The van der Waals surface area contributed by atoms with Gasteiger partial charge >= 0.3 is 0 Å². The van der Waals surface area contributed by atoms with E-state index in [1.165, 1.54) is 0 Å². The molecular weight excluding hydrogens is 304 g/mol. The van der Waals surface area contributed by atoms with Gasteiger partial charge in [-0.3, -0.25) is 9.59 Å². The molecule has 1 aromatic rings. The van der Waals surface area contributed by atoms with Crippen LogP contribution in [0.25, 0.3) is 0 Å². The molecule has 1 aromatic carbocycles. The number of hydrogen-bond donors (Lipinski definition) is 2. The summed E-state index contributed by atoms with van der Waals surface area (Å²) in [6, 6.07) is 7.34. The summed E-state index contributed by atoms with van der Waals surface area (Å²) >= 11 is 0. The maximum absolute atomic E-state index is 12.3. The first-order valence-electron chi connectivity index (χ1n) is 8.68. The second kappa shape index (κ2) is 7.79. The monoisotopic (exact) mass is 332 g/mol. The lowest BCUT2D eigenvalue weighted by Crippen LogP contribution is -2.37. The quantitative estimate of drug-likeness (QED) is 0.804. The maximum atomic E-state index is 12.3. The number of nitrogens with one attached hydrogen (secondary N) is 1. The minimum absolute atomic E-state index is 0.105. The number of aryl methyl sites for hydroxylation is 1. The summed E-state index contributed by atoms with van der Waals surface area (Å²) in [5, 5.41) is 12.7. The molecule has 1 heterocycles.